The molecule has 0 aliphatic heterocycles. The van der Waals surface area contributed by atoms with Crippen LogP contribution in [0.3, 0.4) is 0 Å². The molecule has 94 valence electrons. The summed E-state index contributed by atoms with van der Waals surface area (Å²) in [7, 11) is 0. The number of para-hydroxylation sites is 1. The van der Waals surface area contributed by atoms with Crippen molar-refractivity contribution in [1.82, 2.24) is 5.32 Å². The first-order chi connectivity index (χ1) is 8.58. The lowest BCUT2D eigenvalue weighted by Gasteiger charge is -1.99. The zero-order valence-corrected chi connectivity index (χ0v) is 9.58. The Kier molecular flexibility index (Phi) is 3.38. The number of nitrogens with two attached hydrogens (primary N) is 1. The minimum absolute atomic E-state index is 0.0235. The van der Waals surface area contributed by atoms with Crippen molar-refractivity contribution in [2.45, 2.75) is 18.5 Å². The van der Waals surface area contributed by atoms with Crippen LogP contribution < -0.4 is 11.1 Å². The number of hydrogen-bond donors (Lipinski definition) is 2. The lowest BCUT2D eigenvalue weighted by atomic mass is 10.1. The van der Waals surface area contributed by atoms with E-state index in [2.05, 4.69) is 5.32 Å². The average Bonchev–Trinajstić information content (AvgIpc) is 3.02. The summed E-state index contributed by atoms with van der Waals surface area (Å²) in [6, 6.07) is 6.32. The topological polar surface area (TPSA) is 98.3 Å². The summed E-state index contributed by atoms with van der Waals surface area (Å²) in [4.78, 5) is 21.7. The van der Waals surface area contributed by atoms with Crippen molar-refractivity contribution in [2.75, 3.05) is 0 Å². The SMILES string of the molecule is NC1CC1NC(=O)/C=C/c1ccccc1[N+](=O)[O-]. The standard InChI is InChI=1S/C12H13N3O3/c13-9-7-10(9)14-12(16)6-5-8-3-1-2-4-11(8)15(17)18/h1-6,9-10H,7,13H2,(H,14,16)/b6-5+. The van der Waals surface area contributed by atoms with E-state index in [0.29, 0.717) is 5.56 Å². The molecule has 2 unspecified atom stereocenters. The Hall–Kier alpha value is -2.21. The van der Waals surface area contributed by atoms with E-state index in [4.69, 9.17) is 5.73 Å². The average molecular weight is 247 g/mol. The van der Waals surface area contributed by atoms with E-state index in [1.165, 1.54) is 18.2 Å². The molecule has 6 heteroatoms. The lowest BCUT2D eigenvalue weighted by molar-refractivity contribution is -0.385. The third kappa shape index (κ3) is 2.92. The minimum atomic E-state index is -0.478. The highest BCUT2D eigenvalue weighted by atomic mass is 16.6. The molecule has 0 heterocycles. The first-order valence-electron chi connectivity index (χ1n) is 5.55. The molecule has 2 atom stereocenters. The molecule has 3 N–H and O–H groups in total. The van der Waals surface area contributed by atoms with Crippen molar-refractivity contribution in [3.05, 3.63) is 46.0 Å². The highest BCUT2D eigenvalue weighted by Gasteiger charge is 2.34. The molecule has 0 saturated heterocycles. The molecule has 18 heavy (non-hydrogen) atoms. The molecule has 0 bridgehead atoms. The maximum atomic E-state index is 11.5. The van der Waals surface area contributed by atoms with Gasteiger partial charge >= 0.3 is 0 Å². The molecule has 1 aliphatic rings. The fourth-order valence-corrected chi connectivity index (χ4v) is 1.57. The molecule has 1 aromatic carbocycles. The molecular weight excluding hydrogens is 234 g/mol. The zero-order valence-electron chi connectivity index (χ0n) is 9.58. The van der Waals surface area contributed by atoms with Gasteiger partial charge in [0.2, 0.25) is 5.91 Å². The Balaban J connectivity index is 2.04. The van der Waals surface area contributed by atoms with Crippen molar-refractivity contribution in [3.63, 3.8) is 0 Å². The Bertz CT molecular complexity index is 513. The van der Waals surface area contributed by atoms with Crippen molar-refractivity contribution in [3.8, 4) is 0 Å². The van der Waals surface area contributed by atoms with E-state index in [-0.39, 0.29) is 23.7 Å². The Morgan fingerprint density at radius 3 is 2.78 bits per heavy atom. The molecule has 2 rings (SSSR count). The van der Waals surface area contributed by atoms with Gasteiger partial charge in [-0.25, -0.2) is 0 Å². The molecule has 1 aromatic rings. The quantitative estimate of drug-likeness (QED) is 0.467. The monoisotopic (exact) mass is 247 g/mol. The highest BCUT2D eigenvalue weighted by Crippen LogP contribution is 2.20. The van der Waals surface area contributed by atoms with E-state index in [1.54, 1.807) is 18.2 Å². The first-order valence-corrected chi connectivity index (χ1v) is 5.55. The van der Waals surface area contributed by atoms with E-state index in [9.17, 15) is 14.9 Å². The first kappa shape index (κ1) is 12.3. The summed E-state index contributed by atoms with van der Waals surface area (Å²) >= 11 is 0. The summed E-state index contributed by atoms with van der Waals surface area (Å²) in [5.41, 5.74) is 5.94. The molecule has 1 fully saturated rings. The van der Waals surface area contributed by atoms with Gasteiger partial charge < -0.3 is 11.1 Å². The van der Waals surface area contributed by atoms with Crippen LogP contribution in [0, 0.1) is 10.1 Å². The predicted molar refractivity (Wildman–Crippen MR) is 66.7 cm³/mol. The van der Waals surface area contributed by atoms with E-state index in [1.807, 2.05) is 0 Å². The normalized spacial score (nSPS) is 21.8. The summed E-state index contributed by atoms with van der Waals surface area (Å²) in [5, 5.41) is 13.5. The molecular formula is C12H13N3O3. The maximum Gasteiger partial charge on any atom is 0.276 e. The van der Waals surface area contributed by atoms with E-state index >= 15 is 0 Å². The summed E-state index contributed by atoms with van der Waals surface area (Å²) < 4.78 is 0. The van der Waals surface area contributed by atoms with Crippen molar-refractivity contribution in [2.24, 2.45) is 5.73 Å². The van der Waals surface area contributed by atoms with Crippen LogP contribution in [0.4, 0.5) is 5.69 Å². The number of nitro benzene ring substituents is 1. The van der Waals surface area contributed by atoms with Crippen LogP contribution in [-0.4, -0.2) is 22.9 Å². The number of nitrogens with zero attached hydrogens (tertiary/aromatic N) is 1. The molecule has 0 aromatic heterocycles. The van der Waals surface area contributed by atoms with Gasteiger partial charge in [0.15, 0.2) is 0 Å². The number of nitrogens with one attached hydrogen (secondary N) is 1. The molecule has 1 aliphatic carbocycles. The number of carbonyl (C=O) groups is 1. The molecule has 6 nitrogen and oxygen atoms in total. The van der Waals surface area contributed by atoms with E-state index < -0.39 is 4.92 Å². The van der Waals surface area contributed by atoms with Crippen molar-refractivity contribution in [1.29, 1.82) is 0 Å². The summed E-state index contributed by atoms with van der Waals surface area (Å²) in [6.07, 6.45) is 3.50. The number of hydrogen-bond acceptors (Lipinski definition) is 4. The fraction of sp³-hybridized carbons (Fsp3) is 0.250. The number of nitro groups is 1. The Labute approximate surface area is 104 Å². The molecule has 1 amide bonds. The number of rotatable bonds is 4. The lowest BCUT2D eigenvalue weighted by Crippen LogP contribution is -2.27. The Morgan fingerprint density at radius 2 is 2.17 bits per heavy atom. The third-order valence-corrected chi connectivity index (χ3v) is 2.72. The van der Waals surface area contributed by atoms with E-state index in [0.717, 1.165) is 6.42 Å². The van der Waals surface area contributed by atoms with Crippen LogP contribution in [0.15, 0.2) is 30.3 Å². The second-order valence-electron chi connectivity index (χ2n) is 4.16. The van der Waals surface area contributed by atoms with Gasteiger partial charge in [0.1, 0.15) is 0 Å². The van der Waals surface area contributed by atoms with Crippen LogP contribution in [0.1, 0.15) is 12.0 Å². The van der Waals surface area contributed by atoms with Crippen molar-refractivity contribution >= 4 is 17.7 Å². The summed E-state index contributed by atoms with van der Waals surface area (Å²) in [5.74, 6) is -0.286. The molecule has 0 radical (unpaired) electrons. The predicted octanol–water partition coefficient (Wildman–Crippen LogP) is 0.824. The smallest absolute Gasteiger partial charge is 0.276 e. The Morgan fingerprint density at radius 1 is 1.50 bits per heavy atom. The van der Waals surface area contributed by atoms with Crippen LogP contribution in [-0.2, 0) is 4.79 Å². The third-order valence-electron chi connectivity index (χ3n) is 2.72. The van der Waals surface area contributed by atoms with Crippen LogP contribution in [0.5, 0.6) is 0 Å². The second kappa shape index (κ2) is 4.97. The zero-order chi connectivity index (χ0) is 13.1. The van der Waals surface area contributed by atoms with Gasteiger partial charge in [-0.15, -0.1) is 0 Å². The molecule has 1 saturated carbocycles. The molecule has 0 spiro atoms. The largest absolute Gasteiger partial charge is 0.348 e. The fourth-order valence-electron chi connectivity index (χ4n) is 1.57. The second-order valence-corrected chi connectivity index (χ2v) is 4.16. The number of carbonyl (C=O) groups excluding carboxylic acids is 1. The maximum absolute atomic E-state index is 11.5. The summed E-state index contributed by atoms with van der Waals surface area (Å²) in [6.45, 7) is 0. The van der Waals surface area contributed by atoms with Gasteiger partial charge in [0, 0.05) is 24.2 Å². The van der Waals surface area contributed by atoms with Gasteiger partial charge in [-0.3, -0.25) is 14.9 Å². The highest BCUT2D eigenvalue weighted by molar-refractivity contribution is 5.92. The van der Waals surface area contributed by atoms with Crippen LogP contribution in [0.2, 0.25) is 0 Å². The van der Waals surface area contributed by atoms with Crippen molar-refractivity contribution < 1.29 is 9.72 Å². The van der Waals surface area contributed by atoms with Gasteiger partial charge in [-0.1, -0.05) is 12.1 Å². The number of benzene rings is 1. The van der Waals surface area contributed by atoms with Crippen LogP contribution in [0.25, 0.3) is 6.08 Å². The number of amides is 1. The van der Waals surface area contributed by atoms with Gasteiger partial charge in [-0.05, 0) is 18.6 Å². The minimum Gasteiger partial charge on any atom is -0.348 e. The van der Waals surface area contributed by atoms with Gasteiger partial charge in [0.05, 0.1) is 10.5 Å². The van der Waals surface area contributed by atoms with Crippen LogP contribution >= 0.6 is 0 Å². The van der Waals surface area contributed by atoms with Gasteiger partial charge in [0.25, 0.3) is 5.69 Å². The van der Waals surface area contributed by atoms with Gasteiger partial charge in [-0.2, -0.15) is 0 Å².